The molecule has 0 saturated heterocycles. The normalized spacial score (nSPS) is 17.8. The molecule has 1 amide bonds. The van der Waals surface area contributed by atoms with Crippen molar-refractivity contribution in [3.05, 3.63) is 34.3 Å². The number of amides is 1. The van der Waals surface area contributed by atoms with Gasteiger partial charge in [-0.25, -0.2) is 6.08 Å². The fourth-order valence-corrected chi connectivity index (χ4v) is 3.21. The van der Waals surface area contributed by atoms with Crippen LogP contribution >= 0.6 is 38.5 Å². The van der Waals surface area contributed by atoms with Gasteiger partial charge in [-0.1, -0.05) is 49.4 Å². The molecule has 0 N–H and O–H groups in total. The molecule has 1 atom stereocenters. The fraction of sp³-hybridized carbons (Fsp3) is 0.400. The number of hydrogen-bond acceptors (Lipinski definition) is 3. The summed E-state index contributed by atoms with van der Waals surface area (Å²) in [5, 5.41) is 0. The molecule has 22 heavy (non-hydrogen) atoms. The summed E-state index contributed by atoms with van der Waals surface area (Å²) in [6.07, 6.45) is 3.98. The molecule has 7 heteroatoms. The summed E-state index contributed by atoms with van der Waals surface area (Å²) in [5.41, 5.74) is 1.78. The average Bonchev–Trinajstić information content (AvgIpc) is 2.48. The molecular weight excluding hydrogens is 538 g/mol. The van der Waals surface area contributed by atoms with Crippen molar-refractivity contribution in [3.8, 4) is 5.75 Å². The standard InChI is InChI=1S/C15H16BrINO3.Y/c1-3-18-14(7-6-13(17)15(18)19)11-5-4-10(8-12(11)16)21-9-20-2;/h4-5,8,13H,3,6,9H2,1-2H3;/q-1;. The Hall–Kier alpha value is 0.504. The number of ether oxygens (including phenoxy) is 2. The van der Waals surface area contributed by atoms with Crippen LogP contribution in [0.2, 0.25) is 0 Å². The summed E-state index contributed by atoms with van der Waals surface area (Å²) in [7, 11) is 1.58. The predicted octanol–water partition coefficient (Wildman–Crippen LogP) is 3.63. The number of halogens is 2. The molecule has 0 spiro atoms. The number of benzene rings is 1. The van der Waals surface area contributed by atoms with Crippen molar-refractivity contribution < 1.29 is 47.0 Å². The van der Waals surface area contributed by atoms with E-state index in [2.05, 4.69) is 44.6 Å². The van der Waals surface area contributed by atoms with Crippen molar-refractivity contribution in [1.82, 2.24) is 4.90 Å². The van der Waals surface area contributed by atoms with Gasteiger partial charge in [0.15, 0.2) is 6.79 Å². The summed E-state index contributed by atoms with van der Waals surface area (Å²) in [4.78, 5) is 14.0. The number of carbonyl (C=O) groups excluding carboxylic acids is 1. The van der Waals surface area contributed by atoms with Crippen molar-refractivity contribution in [3.63, 3.8) is 0 Å². The predicted molar refractivity (Wildman–Crippen MR) is 93.1 cm³/mol. The molecule has 0 saturated carbocycles. The van der Waals surface area contributed by atoms with Crippen LogP contribution in [0, 0.1) is 6.08 Å². The minimum absolute atomic E-state index is 0. The summed E-state index contributed by atoms with van der Waals surface area (Å²) in [5.74, 6) is 0.850. The van der Waals surface area contributed by atoms with Crippen molar-refractivity contribution >= 4 is 50.1 Å². The van der Waals surface area contributed by atoms with Gasteiger partial charge in [0.2, 0.25) is 5.91 Å². The number of nitrogens with zero attached hydrogens (tertiary/aromatic N) is 1. The second-order valence-corrected chi connectivity index (χ2v) is 6.83. The number of hydrogen-bond donors (Lipinski definition) is 0. The minimum atomic E-state index is -0.0330. The molecule has 117 valence electrons. The van der Waals surface area contributed by atoms with Crippen LogP contribution in [-0.2, 0) is 42.2 Å². The molecule has 1 aliphatic rings. The summed E-state index contributed by atoms with van der Waals surface area (Å²) in [6.45, 7) is 2.81. The van der Waals surface area contributed by atoms with Gasteiger partial charge in [0, 0.05) is 46.4 Å². The van der Waals surface area contributed by atoms with E-state index in [1.54, 1.807) is 12.0 Å². The van der Waals surface area contributed by atoms with Gasteiger partial charge in [0.1, 0.15) is 5.75 Å². The first-order chi connectivity index (χ1) is 10.1. The Morgan fingerprint density at radius 3 is 2.82 bits per heavy atom. The molecule has 0 fully saturated rings. The molecule has 4 nitrogen and oxygen atoms in total. The topological polar surface area (TPSA) is 38.8 Å². The summed E-state index contributed by atoms with van der Waals surface area (Å²) < 4.78 is 11.1. The molecule has 1 aromatic carbocycles. The van der Waals surface area contributed by atoms with E-state index in [1.165, 1.54) is 0 Å². The van der Waals surface area contributed by atoms with Crippen molar-refractivity contribution in [1.29, 1.82) is 0 Å². The van der Waals surface area contributed by atoms with Crippen molar-refractivity contribution in [2.75, 3.05) is 20.4 Å². The molecule has 1 aromatic rings. The van der Waals surface area contributed by atoms with E-state index >= 15 is 0 Å². The van der Waals surface area contributed by atoms with E-state index in [9.17, 15) is 4.79 Å². The molecule has 1 unspecified atom stereocenters. The van der Waals surface area contributed by atoms with Crippen molar-refractivity contribution in [2.24, 2.45) is 0 Å². The van der Waals surface area contributed by atoms with E-state index in [1.807, 2.05) is 25.1 Å². The first kappa shape index (κ1) is 20.5. The monoisotopic (exact) mass is 553 g/mol. The third-order valence-electron chi connectivity index (χ3n) is 3.11. The van der Waals surface area contributed by atoms with Crippen molar-refractivity contribution in [2.45, 2.75) is 17.3 Å². The van der Waals surface area contributed by atoms with Crippen LogP contribution in [0.5, 0.6) is 5.75 Å². The number of carbonyl (C=O) groups is 1. The van der Waals surface area contributed by atoms with Gasteiger partial charge < -0.3 is 14.4 Å². The Morgan fingerprint density at radius 1 is 1.50 bits per heavy atom. The van der Waals surface area contributed by atoms with Crippen LogP contribution in [0.15, 0.2) is 22.7 Å². The molecule has 0 aromatic heterocycles. The molecule has 1 aliphatic heterocycles. The summed E-state index contributed by atoms with van der Waals surface area (Å²) >= 11 is 5.71. The largest absolute Gasteiger partial charge is 0.468 e. The number of alkyl halides is 1. The molecule has 2 rings (SSSR count). The molecule has 1 radical (unpaired) electrons. The second-order valence-electron chi connectivity index (χ2n) is 4.47. The van der Waals surface area contributed by atoms with Gasteiger partial charge in [-0.3, -0.25) is 4.79 Å². The number of rotatable bonds is 5. The average molecular weight is 554 g/mol. The molecular formula is C15H16BrINO3Y-. The Morgan fingerprint density at radius 2 is 2.23 bits per heavy atom. The Bertz CT molecular complexity index is 568. The fourth-order valence-electron chi connectivity index (χ4n) is 2.11. The second kappa shape index (κ2) is 9.72. The number of allylic oxidation sites excluding steroid dienone is 1. The Balaban J connectivity index is 0.00000242. The smallest absolute Gasteiger partial charge is 0.235 e. The van der Waals surface area contributed by atoms with E-state index in [-0.39, 0.29) is 49.3 Å². The Labute approximate surface area is 178 Å². The zero-order valence-electron chi connectivity index (χ0n) is 12.4. The van der Waals surface area contributed by atoms with Crippen LogP contribution in [0.1, 0.15) is 18.9 Å². The molecule has 1 heterocycles. The van der Waals surface area contributed by atoms with Crippen LogP contribution < -0.4 is 4.74 Å². The zero-order chi connectivity index (χ0) is 15.4. The first-order valence-corrected chi connectivity index (χ1v) is 8.60. The quantitative estimate of drug-likeness (QED) is 0.242. The minimum Gasteiger partial charge on any atom is -0.468 e. The first-order valence-electron chi connectivity index (χ1n) is 6.56. The van der Waals surface area contributed by atoms with Gasteiger partial charge in [-0.15, -0.1) is 17.3 Å². The van der Waals surface area contributed by atoms with Crippen LogP contribution in [0.3, 0.4) is 0 Å². The zero-order valence-corrected chi connectivity index (χ0v) is 19.0. The third kappa shape index (κ3) is 4.75. The number of methoxy groups -OCH3 is 1. The van der Waals surface area contributed by atoms with Gasteiger partial charge in [-0.2, -0.15) is 0 Å². The van der Waals surface area contributed by atoms with Gasteiger partial charge in [0.25, 0.3) is 0 Å². The van der Waals surface area contributed by atoms with Gasteiger partial charge in [0.05, 0.1) is 3.92 Å². The maximum Gasteiger partial charge on any atom is 0.235 e. The maximum absolute atomic E-state index is 12.3. The molecule has 0 bridgehead atoms. The summed E-state index contributed by atoms with van der Waals surface area (Å²) in [6, 6.07) is 5.67. The van der Waals surface area contributed by atoms with Crippen LogP contribution in [0.25, 0.3) is 5.70 Å². The van der Waals surface area contributed by atoms with Crippen LogP contribution in [-0.4, -0.2) is 35.2 Å². The van der Waals surface area contributed by atoms with Crippen LogP contribution in [0.4, 0.5) is 0 Å². The van der Waals surface area contributed by atoms with E-state index in [0.717, 1.165) is 15.7 Å². The third-order valence-corrected chi connectivity index (χ3v) is 4.74. The van der Waals surface area contributed by atoms with E-state index in [4.69, 9.17) is 9.47 Å². The SMILES string of the molecule is CCN1C(=O)C(I)C[C-]=C1c1ccc(OCOC)cc1Br.[Y]. The molecule has 0 aliphatic carbocycles. The van der Waals surface area contributed by atoms with E-state index < -0.39 is 0 Å². The Kier molecular flexibility index (Phi) is 9.07. The maximum atomic E-state index is 12.3. The van der Waals surface area contributed by atoms with Gasteiger partial charge in [-0.05, 0) is 19.1 Å². The van der Waals surface area contributed by atoms with Gasteiger partial charge >= 0.3 is 0 Å². The van der Waals surface area contributed by atoms with E-state index in [0.29, 0.717) is 18.7 Å².